The first-order valence-electron chi connectivity index (χ1n) is 8.89. The predicted octanol–water partition coefficient (Wildman–Crippen LogP) is 5.55. The van der Waals surface area contributed by atoms with E-state index in [2.05, 4.69) is 22.3 Å². The summed E-state index contributed by atoms with van der Waals surface area (Å²) in [6.45, 7) is 1.77. The summed E-state index contributed by atoms with van der Waals surface area (Å²) < 4.78 is 1.56. The predicted molar refractivity (Wildman–Crippen MR) is 118 cm³/mol. The molecular formula is C23H16ClN3OS. The van der Waals surface area contributed by atoms with Crippen LogP contribution in [0.25, 0.3) is 5.69 Å². The van der Waals surface area contributed by atoms with E-state index in [1.807, 2.05) is 72.1 Å². The average molecular weight is 418 g/mol. The Morgan fingerprint density at radius 3 is 2.66 bits per heavy atom. The van der Waals surface area contributed by atoms with Crippen molar-refractivity contribution in [1.82, 2.24) is 9.78 Å². The summed E-state index contributed by atoms with van der Waals surface area (Å²) in [6, 6.07) is 20.8. The van der Waals surface area contributed by atoms with Gasteiger partial charge < -0.3 is 5.32 Å². The molecule has 1 amide bonds. The number of amides is 1. The molecule has 2 aromatic heterocycles. The van der Waals surface area contributed by atoms with Gasteiger partial charge in [-0.2, -0.15) is 5.10 Å². The summed E-state index contributed by atoms with van der Waals surface area (Å²) >= 11 is 8.07. The second-order valence-corrected chi connectivity index (χ2v) is 7.57. The second-order valence-electron chi connectivity index (χ2n) is 6.26. The molecule has 0 aliphatic heterocycles. The van der Waals surface area contributed by atoms with Crippen molar-refractivity contribution in [3.63, 3.8) is 0 Å². The normalized spacial score (nSPS) is 10.3. The highest BCUT2D eigenvalue weighted by Crippen LogP contribution is 2.24. The topological polar surface area (TPSA) is 46.9 Å². The molecule has 0 fully saturated rings. The van der Waals surface area contributed by atoms with Crippen molar-refractivity contribution in [3.8, 4) is 17.5 Å². The number of thiophene rings is 1. The van der Waals surface area contributed by atoms with Crippen molar-refractivity contribution in [2.45, 2.75) is 6.92 Å². The summed E-state index contributed by atoms with van der Waals surface area (Å²) in [5, 5.41) is 9.58. The lowest BCUT2D eigenvalue weighted by molar-refractivity contribution is 0.102. The minimum atomic E-state index is -0.307. The number of aryl methyl sites for hydroxylation is 1. The lowest BCUT2D eigenvalue weighted by Crippen LogP contribution is -2.13. The molecule has 0 aliphatic carbocycles. The number of nitrogens with zero attached hydrogens (tertiary/aromatic N) is 2. The Morgan fingerprint density at radius 2 is 1.90 bits per heavy atom. The van der Waals surface area contributed by atoms with Crippen LogP contribution in [0.4, 0.5) is 5.69 Å². The highest BCUT2D eigenvalue weighted by Gasteiger charge is 2.21. The molecule has 4 nitrogen and oxygen atoms in total. The van der Waals surface area contributed by atoms with Gasteiger partial charge in [-0.3, -0.25) is 4.79 Å². The van der Waals surface area contributed by atoms with Crippen LogP contribution in [0, 0.1) is 18.8 Å². The number of hydrogen-bond donors (Lipinski definition) is 1. The van der Waals surface area contributed by atoms with E-state index < -0.39 is 0 Å². The third-order valence-electron chi connectivity index (χ3n) is 4.20. The Balaban J connectivity index is 1.57. The van der Waals surface area contributed by atoms with Crippen LogP contribution in [0.15, 0.2) is 72.1 Å². The highest BCUT2D eigenvalue weighted by molar-refractivity contribution is 7.10. The smallest absolute Gasteiger partial charge is 0.260 e. The summed E-state index contributed by atoms with van der Waals surface area (Å²) in [6.07, 6.45) is 0. The molecular weight excluding hydrogens is 402 g/mol. The number of carbonyl (C=O) groups excluding carboxylic acids is 1. The molecule has 29 heavy (non-hydrogen) atoms. The van der Waals surface area contributed by atoms with E-state index in [-0.39, 0.29) is 11.1 Å². The molecule has 2 heterocycles. The molecule has 1 N–H and O–H groups in total. The Kier molecular flexibility index (Phi) is 5.48. The third kappa shape index (κ3) is 4.24. The molecule has 0 bridgehead atoms. The Hall–Kier alpha value is -3.33. The highest BCUT2D eigenvalue weighted by atomic mass is 35.5. The molecule has 142 valence electrons. The molecule has 0 radical (unpaired) electrons. The van der Waals surface area contributed by atoms with Gasteiger partial charge in [0.2, 0.25) is 0 Å². The number of halogens is 1. The van der Waals surface area contributed by atoms with Gasteiger partial charge in [-0.05, 0) is 48.7 Å². The van der Waals surface area contributed by atoms with Gasteiger partial charge in [0.25, 0.3) is 5.91 Å². The monoisotopic (exact) mass is 417 g/mol. The number of aromatic nitrogens is 2. The standard InChI is InChI=1S/C23H16ClN3OS/c1-16-21(22(24)27(26-16)19-9-3-2-4-10-19)23(28)25-18-8-5-7-17(15-18)12-13-20-11-6-14-29-20/h2-11,14-15H,1H3,(H,25,28). The number of carbonyl (C=O) groups is 1. The van der Waals surface area contributed by atoms with Crippen molar-refractivity contribution in [2.75, 3.05) is 5.32 Å². The van der Waals surface area contributed by atoms with Crippen LogP contribution < -0.4 is 5.32 Å². The van der Waals surface area contributed by atoms with Crippen molar-refractivity contribution in [2.24, 2.45) is 0 Å². The lowest BCUT2D eigenvalue weighted by atomic mass is 10.2. The summed E-state index contributed by atoms with van der Waals surface area (Å²) in [4.78, 5) is 13.9. The van der Waals surface area contributed by atoms with E-state index in [4.69, 9.17) is 11.6 Å². The van der Waals surface area contributed by atoms with Gasteiger partial charge in [0.05, 0.1) is 16.3 Å². The van der Waals surface area contributed by atoms with Crippen LogP contribution in [0.1, 0.15) is 26.5 Å². The first-order valence-corrected chi connectivity index (χ1v) is 10.1. The van der Waals surface area contributed by atoms with E-state index in [1.165, 1.54) is 0 Å². The second kappa shape index (κ2) is 8.36. The van der Waals surface area contributed by atoms with E-state index in [1.54, 1.807) is 22.9 Å². The fourth-order valence-corrected chi connectivity index (χ4v) is 3.78. The number of rotatable bonds is 3. The molecule has 0 saturated carbocycles. The Labute approximate surface area is 177 Å². The summed E-state index contributed by atoms with van der Waals surface area (Å²) in [7, 11) is 0. The summed E-state index contributed by atoms with van der Waals surface area (Å²) in [5.41, 5.74) is 3.18. The van der Waals surface area contributed by atoms with Gasteiger partial charge in [-0.1, -0.05) is 53.8 Å². The molecule has 0 saturated heterocycles. The Morgan fingerprint density at radius 1 is 1.07 bits per heavy atom. The van der Waals surface area contributed by atoms with Crippen molar-refractivity contribution in [3.05, 3.63) is 99.0 Å². The molecule has 4 rings (SSSR count). The molecule has 6 heteroatoms. The fourth-order valence-electron chi connectivity index (χ4n) is 2.85. The third-order valence-corrected chi connectivity index (χ3v) is 5.34. The number of anilines is 1. The summed E-state index contributed by atoms with van der Waals surface area (Å²) in [5.74, 6) is 5.92. The maximum absolute atomic E-state index is 12.9. The molecule has 4 aromatic rings. The first-order chi connectivity index (χ1) is 14.1. The van der Waals surface area contributed by atoms with Gasteiger partial charge in [0.1, 0.15) is 10.7 Å². The molecule has 0 spiro atoms. The van der Waals surface area contributed by atoms with E-state index in [9.17, 15) is 4.79 Å². The first kappa shape index (κ1) is 19.0. The van der Waals surface area contributed by atoms with Crippen LogP contribution in [-0.2, 0) is 0 Å². The molecule has 0 unspecified atom stereocenters. The minimum absolute atomic E-state index is 0.278. The van der Waals surface area contributed by atoms with E-state index >= 15 is 0 Å². The van der Waals surface area contributed by atoms with Crippen LogP contribution in [0.5, 0.6) is 0 Å². The van der Waals surface area contributed by atoms with Gasteiger partial charge in [-0.15, -0.1) is 11.3 Å². The minimum Gasteiger partial charge on any atom is -0.322 e. The van der Waals surface area contributed by atoms with Gasteiger partial charge in [0.15, 0.2) is 0 Å². The van der Waals surface area contributed by atoms with Gasteiger partial charge >= 0.3 is 0 Å². The zero-order valence-corrected chi connectivity index (χ0v) is 17.1. The number of benzene rings is 2. The van der Waals surface area contributed by atoms with Crippen LogP contribution in [0.2, 0.25) is 5.15 Å². The zero-order chi connectivity index (χ0) is 20.2. The zero-order valence-electron chi connectivity index (χ0n) is 15.5. The van der Waals surface area contributed by atoms with Crippen molar-refractivity contribution >= 4 is 34.5 Å². The maximum atomic E-state index is 12.9. The lowest BCUT2D eigenvalue weighted by Gasteiger charge is -2.06. The van der Waals surface area contributed by atoms with Crippen LogP contribution in [0.3, 0.4) is 0 Å². The SMILES string of the molecule is Cc1nn(-c2ccccc2)c(Cl)c1C(=O)Nc1cccc(C#Cc2cccs2)c1. The van der Waals surface area contributed by atoms with Crippen LogP contribution >= 0.6 is 22.9 Å². The average Bonchev–Trinajstić information content (AvgIpc) is 3.35. The molecule has 0 aliphatic rings. The van der Waals surface area contributed by atoms with E-state index in [0.29, 0.717) is 16.9 Å². The molecule has 0 atom stereocenters. The van der Waals surface area contributed by atoms with Crippen molar-refractivity contribution in [1.29, 1.82) is 0 Å². The van der Waals surface area contributed by atoms with Gasteiger partial charge in [-0.25, -0.2) is 4.68 Å². The van der Waals surface area contributed by atoms with Crippen LogP contribution in [-0.4, -0.2) is 15.7 Å². The number of hydrogen-bond acceptors (Lipinski definition) is 3. The van der Waals surface area contributed by atoms with E-state index in [0.717, 1.165) is 16.1 Å². The quantitative estimate of drug-likeness (QED) is 0.444. The maximum Gasteiger partial charge on any atom is 0.260 e. The largest absolute Gasteiger partial charge is 0.322 e. The Bertz CT molecular complexity index is 1220. The fraction of sp³-hybridized carbons (Fsp3) is 0.0435. The number of para-hydroxylation sites is 1. The van der Waals surface area contributed by atoms with Gasteiger partial charge in [0, 0.05) is 11.3 Å². The molecule has 2 aromatic carbocycles. The number of nitrogens with one attached hydrogen (secondary N) is 1. The van der Waals surface area contributed by atoms with Crippen molar-refractivity contribution < 1.29 is 4.79 Å².